The highest BCUT2D eigenvalue weighted by Gasteiger charge is 2.30. The number of piperazine rings is 1. The Kier molecular flexibility index (Phi) is 5.57. The number of carbonyl (C=O) groups is 2. The van der Waals surface area contributed by atoms with E-state index >= 15 is 0 Å². The van der Waals surface area contributed by atoms with Crippen LogP contribution in [0.4, 0.5) is 10.1 Å². The van der Waals surface area contributed by atoms with Crippen molar-refractivity contribution in [3.05, 3.63) is 76.9 Å². The highest BCUT2D eigenvalue weighted by atomic mass is 19.1. The molecule has 7 heteroatoms. The first-order valence-electron chi connectivity index (χ1n) is 11.5. The van der Waals surface area contributed by atoms with Gasteiger partial charge < -0.3 is 20.5 Å². The summed E-state index contributed by atoms with van der Waals surface area (Å²) >= 11 is 0. The standard InChI is InChI=1S/C27H27FN4O2/c1-15-13-32(14-16(2)30-15)27(34)22-12-29-24(17(22)3)11-21-25-20(18-7-9-19(28)10-8-18)5-4-6-23(25)31-26(21)33/h4-12,15-16,29-30H,13-14H2,1-3H3,(H,31,33)/t15-,16+. The molecule has 1 aromatic heterocycles. The van der Waals surface area contributed by atoms with E-state index in [1.54, 1.807) is 24.4 Å². The van der Waals surface area contributed by atoms with E-state index in [-0.39, 0.29) is 29.7 Å². The lowest BCUT2D eigenvalue weighted by molar-refractivity contribution is -0.110. The molecule has 2 aliphatic heterocycles. The van der Waals surface area contributed by atoms with Gasteiger partial charge in [-0.25, -0.2) is 4.39 Å². The van der Waals surface area contributed by atoms with E-state index in [1.807, 2.05) is 30.0 Å². The highest BCUT2D eigenvalue weighted by molar-refractivity contribution is 6.36. The second kappa shape index (κ2) is 8.57. The smallest absolute Gasteiger partial charge is 0.256 e. The van der Waals surface area contributed by atoms with Crippen molar-refractivity contribution >= 4 is 29.2 Å². The first-order chi connectivity index (χ1) is 16.3. The minimum Gasteiger partial charge on any atom is -0.361 e. The van der Waals surface area contributed by atoms with Crippen LogP contribution in [-0.2, 0) is 4.79 Å². The summed E-state index contributed by atoms with van der Waals surface area (Å²) in [6.45, 7) is 7.35. The van der Waals surface area contributed by atoms with Gasteiger partial charge in [0.2, 0.25) is 0 Å². The summed E-state index contributed by atoms with van der Waals surface area (Å²) in [5.74, 6) is -0.535. The fourth-order valence-electron chi connectivity index (χ4n) is 4.95. The number of rotatable bonds is 3. The van der Waals surface area contributed by atoms with E-state index in [1.165, 1.54) is 12.1 Å². The van der Waals surface area contributed by atoms with E-state index in [4.69, 9.17) is 0 Å². The van der Waals surface area contributed by atoms with Gasteiger partial charge in [-0.1, -0.05) is 24.3 Å². The van der Waals surface area contributed by atoms with Gasteiger partial charge in [-0.15, -0.1) is 0 Å². The Balaban J connectivity index is 1.52. The Bertz CT molecular complexity index is 1300. The lowest BCUT2D eigenvalue weighted by Crippen LogP contribution is -2.55. The van der Waals surface area contributed by atoms with Crippen LogP contribution >= 0.6 is 0 Å². The molecule has 3 N–H and O–H groups in total. The third kappa shape index (κ3) is 3.92. The molecule has 3 aromatic rings. The molecule has 0 radical (unpaired) electrons. The Labute approximate surface area is 197 Å². The van der Waals surface area contributed by atoms with Crippen LogP contribution in [0.3, 0.4) is 0 Å². The number of aromatic nitrogens is 1. The van der Waals surface area contributed by atoms with Crippen LogP contribution in [0.25, 0.3) is 22.8 Å². The molecule has 34 heavy (non-hydrogen) atoms. The van der Waals surface area contributed by atoms with Gasteiger partial charge >= 0.3 is 0 Å². The SMILES string of the molecule is Cc1c(C(=O)N2C[C@@H](C)N[C@@H](C)C2)c[nH]c1C=C1C(=O)Nc2cccc(-c3ccc(F)cc3)c21. The van der Waals surface area contributed by atoms with E-state index in [2.05, 4.69) is 29.5 Å². The predicted molar refractivity (Wildman–Crippen MR) is 132 cm³/mol. The first-order valence-corrected chi connectivity index (χ1v) is 11.5. The van der Waals surface area contributed by atoms with Crippen molar-refractivity contribution in [3.8, 4) is 11.1 Å². The summed E-state index contributed by atoms with van der Waals surface area (Å²) in [7, 11) is 0. The number of aromatic amines is 1. The number of hydrogen-bond acceptors (Lipinski definition) is 3. The molecule has 3 heterocycles. The molecule has 1 saturated heterocycles. The third-order valence-corrected chi connectivity index (χ3v) is 6.53. The monoisotopic (exact) mass is 458 g/mol. The molecule has 0 spiro atoms. The maximum atomic E-state index is 13.5. The number of anilines is 1. The molecule has 6 nitrogen and oxygen atoms in total. The zero-order chi connectivity index (χ0) is 24.0. The van der Waals surface area contributed by atoms with Crippen molar-refractivity contribution < 1.29 is 14.0 Å². The Morgan fingerprint density at radius 2 is 1.79 bits per heavy atom. The molecule has 0 aliphatic carbocycles. The summed E-state index contributed by atoms with van der Waals surface area (Å²) in [5, 5.41) is 6.37. The average Bonchev–Trinajstić information content (AvgIpc) is 3.32. The largest absolute Gasteiger partial charge is 0.361 e. The second-order valence-electron chi connectivity index (χ2n) is 9.17. The summed E-state index contributed by atoms with van der Waals surface area (Å²) in [5.41, 5.74) is 5.77. The molecule has 1 fully saturated rings. The number of fused-ring (bicyclic) bond motifs is 1. The molecule has 174 valence electrons. The molecular weight excluding hydrogens is 431 g/mol. The maximum absolute atomic E-state index is 13.5. The second-order valence-corrected chi connectivity index (χ2v) is 9.17. The normalized spacial score (nSPS) is 21.0. The van der Waals surface area contributed by atoms with Gasteiger partial charge in [-0.05, 0) is 61.7 Å². The first kappa shape index (κ1) is 22.1. The third-order valence-electron chi connectivity index (χ3n) is 6.53. The van der Waals surface area contributed by atoms with Crippen LogP contribution in [0.5, 0.6) is 0 Å². The number of carbonyl (C=O) groups excluding carboxylic acids is 2. The van der Waals surface area contributed by atoms with Crippen LogP contribution in [0, 0.1) is 12.7 Å². The molecule has 2 atom stereocenters. The lowest BCUT2D eigenvalue weighted by atomic mass is 9.94. The molecule has 2 aliphatic rings. The Hall–Kier alpha value is -3.71. The molecule has 0 unspecified atom stereocenters. The quantitative estimate of drug-likeness (QED) is 0.508. The minimum absolute atomic E-state index is 0.0122. The number of benzene rings is 2. The summed E-state index contributed by atoms with van der Waals surface area (Å²) in [4.78, 5) is 31.2. The van der Waals surface area contributed by atoms with Gasteiger partial charge in [0.25, 0.3) is 11.8 Å². The minimum atomic E-state index is -0.311. The molecule has 2 amide bonds. The fourth-order valence-corrected chi connectivity index (χ4v) is 4.95. The molecule has 0 saturated carbocycles. The van der Waals surface area contributed by atoms with Gasteiger partial charge in [0, 0.05) is 48.3 Å². The van der Waals surface area contributed by atoms with Crippen molar-refractivity contribution in [3.63, 3.8) is 0 Å². The van der Waals surface area contributed by atoms with Gasteiger partial charge in [-0.3, -0.25) is 9.59 Å². The summed E-state index contributed by atoms with van der Waals surface area (Å²) in [6, 6.07) is 12.3. The zero-order valence-electron chi connectivity index (χ0n) is 19.4. The molecule has 5 rings (SSSR count). The number of nitrogens with zero attached hydrogens (tertiary/aromatic N) is 1. The van der Waals surface area contributed by atoms with Gasteiger partial charge in [0.05, 0.1) is 11.1 Å². The predicted octanol–water partition coefficient (Wildman–Crippen LogP) is 4.44. The van der Waals surface area contributed by atoms with Crippen LogP contribution in [0.2, 0.25) is 0 Å². The van der Waals surface area contributed by atoms with Crippen molar-refractivity contribution in [1.29, 1.82) is 0 Å². The van der Waals surface area contributed by atoms with E-state index in [9.17, 15) is 14.0 Å². The van der Waals surface area contributed by atoms with Crippen LogP contribution in [0.15, 0.2) is 48.7 Å². The van der Waals surface area contributed by atoms with E-state index < -0.39 is 0 Å². The lowest BCUT2D eigenvalue weighted by Gasteiger charge is -2.36. The zero-order valence-corrected chi connectivity index (χ0v) is 19.4. The number of nitrogens with one attached hydrogen (secondary N) is 3. The van der Waals surface area contributed by atoms with Gasteiger partial charge in [0.15, 0.2) is 0 Å². The van der Waals surface area contributed by atoms with Crippen molar-refractivity contribution in [2.75, 3.05) is 18.4 Å². The van der Waals surface area contributed by atoms with Gasteiger partial charge in [0.1, 0.15) is 5.82 Å². The Morgan fingerprint density at radius 3 is 2.50 bits per heavy atom. The van der Waals surface area contributed by atoms with Gasteiger partial charge in [-0.2, -0.15) is 0 Å². The Morgan fingerprint density at radius 1 is 1.09 bits per heavy atom. The average molecular weight is 459 g/mol. The fraction of sp³-hybridized carbons (Fsp3) is 0.259. The number of hydrogen-bond donors (Lipinski definition) is 3. The summed E-state index contributed by atoms with van der Waals surface area (Å²) < 4.78 is 13.5. The number of amides is 2. The summed E-state index contributed by atoms with van der Waals surface area (Å²) in [6.07, 6.45) is 3.52. The van der Waals surface area contributed by atoms with Crippen LogP contribution in [0.1, 0.15) is 41.0 Å². The number of halogens is 1. The van der Waals surface area contributed by atoms with Crippen molar-refractivity contribution in [2.24, 2.45) is 0 Å². The van der Waals surface area contributed by atoms with Crippen LogP contribution in [-0.4, -0.2) is 46.9 Å². The number of H-pyrrole nitrogens is 1. The molecule has 2 aromatic carbocycles. The topological polar surface area (TPSA) is 77.2 Å². The molecular formula is C27H27FN4O2. The van der Waals surface area contributed by atoms with Crippen molar-refractivity contribution in [1.82, 2.24) is 15.2 Å². The van der Waals surface area contributed by atoms with Crippen LogP contribution < -0.4 is 10.6 Å². The van der Waals surface area contributed by atoms with E-state index in [0.29, 0.717) is 35.6 Å². The van der Waals surface area contributed by atoms with E-state index in [0.717, 1.165) is 22.3 Å². The van der Waals surface area contributed by atoms with Crippen molar-refractivity contribution in [2.45, 2.75) is 32.9 Å². The maximum Gasteiger partial charge on any atom is 0.256 e. The highest BCUT2D eigenvalue weighted by Crippen LogP contribution is 2.40. The molecule has 0 bridgehead atoms.